The second-order valence-electron chi connectivity index (χ2n) is 8.11. The van der Waals surface area contributed by atoms with Gasteiger partial charge in [0.25, 0.3) is 0 Å². The van der Waals surface area contributed by atoms with Gasteiger partial charge in [0, 0.05) is 30.4 Å². The van der Waals surface area contributed by atoms with E-state index in [4.69, 9.17) is 18.9 Å². The zero-order chi connectivity index (χ0) is 22.3. The van der Waals surface area contributed by atoms with Crippen LogP contribution in [0.2, 0.25) is 0 Å². The molecular formula is C23H24N2O7. The highest BCUT2D eigenvalue weighted by atomic mass is 16.7. The number of amides is 1. The number of nitrogens with zero attached hydrogens (tertiary/aromatic N) is 2. The molecule has 1 unspecified atom stereocenters. The van der Waals surface area contributed by atoms with Gasteiger partial charge in [0.2, 0.25) is 12.7 Å². The number of hydrogen-bond acceptors (Lipinski definition) is 7. The van der Waals surface area contributed by atoms with Crippen LogP contribution in [0.1, 0.15) is 11.1 Å². The normalized spacial score (nSPS) is 22.8. The number of morpholine rings is 1. The van der Waals surface area contributed by atoms with E-state index in [2.05, 4.69) is 11.9 Å². The number of fused-ring (bicyclic) bond motifs is 5. The van der Waals surface area contributed by atoms with E-state index in [0.717, 1.165) is 31.9 Å². The third-order valence-corrected chi connectivity index (χ3v) is 6.17. The number of para-hydroxylation sites is 1. The van der Waals surface area contributed by atoms with Gasteiger partial charge in [0.15, 0.2) is 11.5 Å². The van der Waals surface area contributed by atoms with Gasteiger partial charge >= 0.3 is 5.97 Å². The van der Waals surface area contributed by atoms with E-state index in [0.29, 0.717) is 28.5 Å². The van der Waals surface area contributed by atoms with Crippen molar-refractivity contribution in [2.75, 3.05) is 58.2 Å². The first-order valence-electron chi connectivity index (χ1n) is 10.5. The van der Waals surface area contributed by atoms with Gasteiger partial charge in [-0.15, -0.1) is 0 Å². The molecular weight excluding hydrogens is 416 g/mol. The number of hydrogen-bond donors (Lipinski definition) is 1. The van der Waals surface area contributed by atoms with E-state index in [1.54, 1.807) is 24.3 Å². The lowest BCUT2D eigenvalue weighted by atomic mass is 9.77. The molecule has 1 fully saturated rings. The molecule has 1 N–H and O–H groups in total. The molecule has 0 radical (unpaired) electrons. The first kappa shape index (κ1) is 20.6. The number of carboxylic acid groups (broad SMARTS) is 1. The lowest BCUT2D eigenvalue weighted by Gasteiger charge is -2.22. The Morgan fingerprint density at radius 3 is 2.44 bits per heavy atom. The summed E-state index contributed by atoms with van der Waals surface area (Å²) in [6, 6.07) is 10.7. The SMILES string of the molecule is CN1CCOCC1.O=C(O)CN1C(=O)C2(COc3cc4c(cc32)OCO4)c2ccccc21. The topological polar surface area (TPSA) is 97.8 Å². The molecule has 6 rings (SSSR count). The number of aliphatic carboxylic acids is 1. The summed E-state index contributed by atoms with van der Waals surface area (Å²) in [4.78, 5) is 28.1. The van der Waals surface area contributed by atoms with Gasteiger partial charge < -0.3 is 29.0 Å². The van der Waals surface area contributed by atoms with Gasteiger partial charge in [-0.25, -0.2) is 0 Å². The fourth-order valence-corrected chi connectivity index (χ4v) is 4.51. The van der Waals surface area contributed by atoms with Gasteiger partial charge in [-0.2, -0.15) is 0 Å². The van der Waals surface area contributed by atoms with Crippen LogP contribution in [-0.4, -0.2) is 75.2 Å². The van der Waals surface area contributed by atoms with E-state index in [1.807, 2.05) is 12.1 Å². The van der Waals surface area contributed by atoms with E-state index in [9.17, 15) is 14.7 Å². The van der Waals surface area contributed by atoms with Gasteiger partial charge in [-0.3, -0.25) is 14.5 Å². The molecule has 1 spiro atoms. The van der Waals surface area contributed by atoms with Gasteiger partial charge in [-0.05, 0) is 24.7 Å². The van der Waals surface area contributed by atoms with Crippen LogP contribution >= 0.6 is 0 Å². The van der Waals surface area contributed by atoms with Crippen molar-refractivity contribution in [1.29, 1.82) is 0 Å². The van der Waals surface area contributed by atoms with Crippen molar-refractivity contribution in [3.05, 3.63) is 47.5 Å². The molecule has 2 aromatic carbocycles. The second kappa shape index (κ2) is 7.99. The maximum Gasteiger partial charge on any atom is 0.323 e. The molecule has 0 aromatic heterocycles. The Hall–Kier alpha value is -3.30. The van der Waals surface area contributed by atoms with Crippen molar-refractivity contribution >= 4 is 17.6 Å². The minimum atomic E-state index is -1.06. The molecule has 32 heavy (non-hydrogen) atoms. The minimum absolute atomic E-state index is 0.122. The second-order valence-corrected chi connectivity index (χ2v) is 8.11. The van der Waals surface area contributed by atoms with Crippen LogP contribution in [0.15, 0.2) is 36.4 Å². The molecule has 0 bridgehead atoms. The number of benzene rings is 2. The summed E-state index contributed by atoms with van der Waals surface area (Å²) in [6.07, 6.45) is 0. The van der Waals surface area contributed by atoms with E-state index in [1.165, 1.54) is 4.90 Å². The van der Waals surface area contributed by atoms with Gasteiger partial charge in [-0.1, -0.05) is 18.2 Å². The molecule has 2 aromatic rings. The Morgan fingerprint density at radius 2 is 1.75 bits per heavy atom. The minimum Gasteiger partial charge on any atom is -0.491 e. The fraction of sp³-hybridized carbons (Fsp3) is 0.391. The van der Waals surface area contributed by atoms with E-state index < -0.39 is 17.9 Å². The smallest absolute Gasteiger partial charge is 0.323 e. The Bertz CT molecular complexity index is 1070. The zero-order valence-corrected chi connectivity index (χ0v) is 17.7. The van der Waals surface area contributed by atoms with Crippen molar-refractivity contribution in [2.24, 2.45) is 0 Å². The number of carbonyl (C=O) groups is 2. The molecule has 168 valence electrons. The third-order valence-electron chi connectivity index (χ3n) is 6.17. The van der Waals surface area contributed by atoms with Gasteiger partial charge in [0.1, 0.15) is 24.3 Å². The molecule has 1 saturated heterocycles. The van der Waals surface area contributed by atoms with E-state index >= 15 is 0 Å². The third kappa shape index (κ3) is 3.25. The maximum atomic E-state index is 13.3. The van der Waals surface area contributed by atoms with Crippen LogP contribution in [0, 0.1) is 0 Å². The molecule has 4 heterocycles. The monoisotopic (exact) mass is 440 g/mol. The summed E-state index contributed by atoms with van der Waals surface area (Å²) in [6.45, 7) is 3.88. The van der Waals surface area contributed by atoms with Crippen molar-refractivity contribution in [3.8, 4) is 17.2 Å². The fourth-order valence-electron chi connectivity index (χ4n) is 4.51. The molecule has 1 amide bonds. The van der Waals surface area contributed by atoms with Gasteiger partial charge in [0.05, 0.1) is 13.2 Å². The molecule has 9 nitrogen and oxygen atoms in total. The highest BCUT2D eigenvalue weighted by molar-refractivity contribution is 6.13. The van der Waals surface area contributed by atoms with Crippen LogP contribution in [-0.2, 0) is 19.7 Å². The quantitative estimate of drug-likeness (QED) is 0.750. The van der Waals surface area contributed by atoms with Crippen molar-refractivity contribution < 1.29 is 33.6 Å². The summed E-state index contributed by atoms with van der Waals surface area (Å²) in [5.41, 5.74) is 0.979. The predicted molar refractivity (Wildman–Crippen MR) is 114 cm³/mol. The molecule has 4 aliphatic rings. The molecule has 0 saturated carbocycles. The molecule has 9 heteroatoms. The average Bonchev–Trinajstić information content (AvgIpc) is 3.46. The first-order valence-corrected chi connectivity index (χ1v) is 10.5. The standard InChI is InChI=1S/C18H13NO6.C5H11NO/c20-16(21)7-19-12-4-2-1-3-10(12)18(17(19)22)8-23-13-6-15-14(5-11(13)18)24-9-25-15;1-6-2-4-7-5-3-6/h1-6H,7-9H2,(H,20,21);2-5H2,1H3. The Morgan fingerprint density at radius 1 is 1.03 bits per heavy atom. The largest absolute Gasteiger partial charge is 0.491 e. The van der Waals surface area contributed by atoms with Crippen LogP contribution in [0.4, 0.5) is 5.69 Å². The number of carboxylic acids is 1. The van der Waals surface area contributed by atoms with E-state index in [-0.39, 0.29) is 19.3 Å². The van der Waals surface area contributed by atoms with Crippen LogP contribution < -0.4 is 19.1 Å². The number of likely N-dealkylation sites (N-methyl/N-ethyl adjacent to an activating group) is 1. The Balaban J connectivity index is 0.000000265. The lowest BCUT2D eigenvalue weighted by molar-refractivity contribution is -0.137. The van der Waals surface area contributed by atoms with Crippen molar-refractivity contribution in [3.63, 3.8) is 0 Å². The zero-order valence-electron chi connectivity index (χ0n) is 17.7. The van der Waals surface area contributed by atoms with Crippen LogP contribution in [0.3, 0.4) is 0 Å². The lowest BCUT2D eigenvalue weighted by Crippen LogP contribution is -2.44. The highest BCUT2D eigenvalue weighted by Gasteiger charge is 2.57. The first-order chi connectivity index (χ1) is 15.5. The summed E-state index contributed by atoms with van der Waals surface area (Å²) in [5.74, 6) is 0.339. The maximum absolute atomic E-state index is 13.3. The molecule has 1 atom stereocenters. The van der Waals surface area contributed by atoms with Crippen LogP contribution in [0.25, 0.3) is 0 Å². The number of rotatable bonds is 2. The number of ether oxygens (including phenoxy) is 4. The average molecular weight is 440 g/mol. The summed E-state index contributed by atoms with van der Waals surface area (Å²) in [5, 5.41) is 9.21. The van der Waals surface area contributed by atoms with Crippen molar-refractivity contribution in [2.45, 2.75) is 5.41 Å². The Kier molecular flexibility index (Phi) is 5.15. The Labute approximate surface area is 185 Å². The van der Waals surface area contributed by atoms with Crippen molar-refractivity contribution in [1.82, 2.24) is 4.90 Å². The summed E-state index contributed by atoms with van der Waals surface area (Å²) < 4.78 is 21.7. The molecule has 4 aliphatic heterocycles. The van der Waals surface area contributed by atoms with Crippen LogP contribution in [0.5, 0.6) is 17.2 Å². The predicted octanol–water partition coefficient (Wildman–Crippen LogP) is 1.47. The highest BCUT2D eigenvalue weighted by Crippen LogP contribution is 2.54. The summed E-state index contributed by atoms with van der Waals surface area (Å²) >= 11 is 0. The summed E-state index contributed by atoms with van der Waals surface area (Å²) in [7, 11) is 2.11. The number of carbonyl (C=O) groups excluding carboxylic acids is 1. The molecule has 0 aliphatic carbocycles. The number of anilines is 1.